The second-order valence-electron chi connectivity index (χ2n) is 6.89. The number of hydrogen-bond donors (Lipinski definition) is 1. The van der Waals surface area contributed by atoms with E-state index in [0.29, 0.717) is 21.7 Å². The quantitative estimate of drug-likeness (QED) is 0.465. The van der Waals surface area contributed by atoms with Gasteiger partial charge >= 0.3 is 0 Å². The molecule has 3 aromatic rings. The molecular weight excluding hydrogens is 408 g/mol. The van der Waals surface area contributed by atoms with Crippen molar-refractivity contribution in [2.75, 3.05) is 5.32 Å². The molecule has 1 saturated carbocycles. The number of anilines is 1. The number of nitro benzene ring substituents is 1. The second kappa shape index (κ2) is 8.53. The Hall–Kier alpha value is -3.41. The van der Waals surface area contributed by atoms with E-state index in [9.17, 15) is 14.9 Å². The Bertz CT molecular complexity index is 1080. The van der Waals surface area contributed by atoms with Crippen molar-refractivity contribution in [2.24, 2.45) is 7.05 Å². The van der Waals surface area contributed by atoms with Crippen molar-refractivity contribution in [1.29, 1.82) is 0 Å². The van der Waals surface area contributed by atoms with E-state index in [-0.39, 0.29) is 11.3 Å². The van der Waals surface area contributed by atoms with Crippen LogP contribution in [0, 0.1) is 10.1 Å². The van der Waals surface area contributed by atoms with Crippen LogP contribution in [-0.2, 0) is 7.05 Å². The van der Waals surface area contributed by atoms with E-state index in [1.807, 2.05) is 0 Å². The third-order valence-corrected chi connectivity index (χ3v) is 5.96. The molecule has 11 nitrogen and oxygen atoms in total. The lowest BCUT2D eigenvalue weighted by Gasteiger charge is -2.11. The van der Waals surface area contributed by atoms with Gasteiger partial charge in [0.05, 0.1) is 28.6 Å². The highest BCUT2D eigenvalue weighted by atomic mass is 32.2. The van der Waals surface area contributed by atoms with Crippen LogP contribution in [0.2, 0.25) is 0 Å². The van der Waals surface area contributed by atoms with E-state index in [0.717, 1.165) is 30.4 Å². The topological polar surface area (TPSA) is 142 Å². The van der Waals surface area contributed by atoms with Gasteiger partial charge in [0.2, 0.25) is 5.16 Å². The average molecular weight is 426 g/mol. The number of amides is 1. The summed E-state index contributed by atoms with van der Waals surface area (Å²) in [7, 11) is 1.66. The summed E-state index contributed by atoms with van der Waals surface area (Å²) in [5, 5.41) is 25.5. The maximum Gasteiger partial charge on any atom is 0.270 e. The fourth-order valence-electron chi connectivity index (χ4n) is 3.30. The first-order valence-corrected chi connectivity index (χ1v) is 10.1. The standard InChI is InChI=1S/C18H18N8O3S/c1-25-18(22-23-24-25)30-15-7-6-13(26(28)29)8-14(15)17(27)21-12-9-19-16(20-10-12)11-4-2-3-5-11/h6-11H,2-5H2,1H3,(H,21,27). The van der Waals surface area contributed by atoms with Crippen LogP contribution in [0.4, 0.5) is 11.4 Å². The second-order valence-corrected chi connectivity index (χ2v) is 7.90. The van der Waals surface area contributed by atoms with Gasteiger partial charge in [-0.3, -0.25) is 14.9 Å². The predicted octanol–water partition coefficient (Wildman–Crippen LogP) is 2.97. The van der Waals surface area contributed by atoms with Gasteiger partial charge in [-0.1, -0.05) is 12.8 Å². The number of hydrogen-bond acceptors (Lipinski definition) is 9. The number of rotatable bonds is 6. The van der Waals surface area contributed by atoms with Crippen LogP contribution in [0.15, 0.2) is 40.6 Å². The maximum atomic E-state index is 12.9. The summed E-state index contributed by atoms with van der Waals surface area (Å²) in [5.41, 5.74) is 0.370. The van der Waals surface area contributed by atoms with Crippen molar-refractivity contribution in [3.8, 4) is 0 Å². The number of non-ortho nitro benzene ring substituents is 1. The molecular formula is C18H18N8O3S. The fraction of sp³-hybridized carbons (Fsp3) is 0.333. The minimum atomic E-state index is -0.547. The minimum Gasteiger partial charge on any atom is -0.319 e. The SMILES string of the molecule is Cn1nnnc1Sc1ccc([N+](=O)[O-])cc1C(=O)Nc1cnc(C2CCCC2)nc1. The monoisotopic (exact) mass is 426 g/mol. The lowest BCUT2D eigenvalue weighted by molar-refractivity contribution is -0.384. The molecule has 1 N–H and O–H groups in total. The fourth-order valence-corrected chi connectivity index (χ4v) is 4.14. The first-order chi connectivity index (χ1) is 14.5. The van der Waals surface area contributed by atoms with Crippen LogP contribution in [-0.4, -0.2) is 41.0 Å². The molecule has 0 saturated heterocycles. The highest BCUT2D eigenvalue weighted by Gasteiger charge is 2.21. The molecule has 0 atom stereocenters. The van der Waals surface area contributed by atoms with E-state index in [1.54, 1.807) is 19.4 Å². The molecule has 1 aromatic carbocycles. The Morgan fingerprint density at radius 3 is 2.63 bits per heavy atom. The summed E-state index contributed by atoms with van der Waals surface area (Å²) in [6.45, 7) is 0. The number of aryl methyl sites for hydroxylation is 1. The van der Waals surface area contributed by atoms with E-state index < -0.39 is 10.8 Å². The van der Waals surface area contributed by atoms with E-state index in [1.165, 1.54) is 35.7 Å². The molecule has 0 unspecified atom stereocenters. The molecule has 0 bridgehead atoms. The molecule has 0 radical (unpaired) electrons. The van der Waals surface area contributed by atoms with E-state index in [4.69, 9.17) is 0 Å². The first-order valence-electron chi connectivity index (χ1n) is 9.33. The molecule has 154 valence electrons. The Balaban J connectivity index is 1.57. The number of carbonyl (C=O) groups excluding carboxylic acids is 1. The number of nitrogens with one attached hydrogen (secondary N) is 1. The molecule has 1 aliphatic carbocycles. The van der Waals surface area contributed by atoms with Gasteiger partial charge in [-0.25, -0.2) is 14.6 Å². The van der Waals surface area contributed by atoms with Gasteiger partial charge in [0, 0.05) is 30.0 Å². The summed E-state index contributed by atoms with van der Waals surface area (Å²) in [4.78, 5) is 32.8. The van der Waals surface area contributed by atoms with Crippen LogP contribution < -0.4 is 5.32 Å². The highest BCUT2D eigenvalue weighted by molar-refractivity contribution is 7.99. The normalized spacial score (nSPS) is 14.0. The van der Waals surface area contributed by atoms with Crippen LogP contribution in [0.5, 0.6) is 0 Å². The number of nitrogens with zero attached hydrogens (tertiary/aromatic N) is 7. The van der Waals surface area contributed by atoms with Gasteiger partial charge in [0.25, 0.3) is 11.6 Å². The molecule has 4 rings (SSSR count). The summed E-state index contributed by atoms with van der Waals surface area (Å²) >= 11 is 1.14. The zero-order chi connectivity index (χ0) is 21.1. The molecule has 1 amide bonds. The zero-order valence-corrected chi connectivity index (χ0v) is 16.9. The largest absolute Gasteiger partial charge is 0.319 e. The third-order valence-electron chi connectivity index (χ3n) is 4.85. The molecule has 12 heteroatoms. The number of nitro groups is 1. The average Bonchev–Trinajstić information content (AvgIpc) is 3.41. The third kappa shape index (κ3) is 4.27. The van der Waals surface area contributed by atoms with Gasteiger partial charge in [0.15, 0.2) is 0 Å². The van der Waals surface area contributed by atoms with Crippen molar-refractivity contribution >= 4 is 29.0 Å². The first kappa shape index (κ1) is 19.9. The van der Waals surface area contributed by atoms with E-state index in [2.05, 4.69) is 30.8 Å². The Morgan fingerprint density at radius 1 is 1.27 bits per heavy atom. The molecule has 30 heavy (non-hydrogen) atoms. The molecule has 1 fully saturated rings. The van der Waals surface area contributed by atoms with Crippen molar-refractivity contribution in [1.82, 2.24) is 30.2 Å². The van der Waals surface area contributed by atoms with Crippen molar-refractivity contribution in [3.05, 3.63) is 52.1 Å². The predicted molar refractivity (Wildman–Crippen MR) is 107 cm³/mol. The number of tetrazole rings is 1. The van der Waals surface area contributed by atoms with Gasteiger partial charge < -0.3 is 5.32 Å². The van der Waals surface area contributed by atoms with Gasteiger partial charge in [0.1, 0.15) is 5.82 Å². The Kier molecular flexibility index (Phi) is 5.65. The Labute approximate surface area is 175 Å². The minimum absolute atomic E-state index is 0.136. The highest BCUT2D eigenvalue weighted by Crippen LogP contribution is 2.33. The summed E-state index contributed by atoms with van der Waals surface area (Å²) in [6, 6.07) is 4.07. The molecule has 0 aliphatic heterocycles. The number of aromatic nitrogens is 6. The van der Waals surface area contributed by atoms with Crippen LogP contribution in [0.3, 0.4) is 0 Å². The van der Waals surface area contributed by atoms with Crippen LogP contribution >= 0.6 is 11.8 Å². The zero-order valence-electron chi connectivity index (χ0n) is 16.1. The molecule has 0 spiro atoms. The van der Waals surface area contributed by atoms with Gasteiger partial charge in [-0.05, 0) is 41.1 Å². The van der Waals surface area contributed by atoms with E-state index >= 15 is 0 Å². The molecule has 1 aliphatic rings. The number of benzene rings is 1. The van der Waals surface area contributed by atoms with Gasteiger partial charge in [-0.2, -0.15) is 0 Å². The van der Waals surface area contributed by atoms with Gasteiger partial charge in [-0.15, -0.1) is 5.10 Å². The number of carbonyl (C=O) groups is 1. The summed E-state index contributed by atoms with van der Waals surface area (Å²) in [5.74, 6) is 0.648. The van der Waals surface area contributed by atoms with Crippen molar-refractivity contribution < 1.29 is 9.72 Å². The Morgan fingerprint density at radius 2 is 2.00 bits per heavy atom. The van der Waals surface area contributed by atoms with Crippen molar-refractivity contribution in [2.45, 2.75) is 41.7 Å². The smallest absolute Gasteiger partial charge is 0.270 e. The lowest BCUT2D eigenvalue weighted by atomic mass is 10.1. The summed E-state index contributed by atoms with van der Waals surface area (Å²) in [6.07, 6.45) is 7.65. The summed E-state index contributed by atoms with van der Waals surface area (Å²) < 4.78 is 1.45. The van der Waals surface area contributed by atoms with Crippen LogP contribution in [0.1, 0.15) is 47.8 Å². The molecule has 2 heterocycles. The lowest BCUT2D eigenvalue weighted by Crippen LogP contribution is -2.14. The maximum absolute atomic E-state index is 12.9. The van der Waals surface area contributed by atoms with Crippen molar-refractivity contribution in [3.63, 3.8) is 0 Å². The molecule has 2 aromatic heterocycles. The van der Waals surface area contributed by atoms with Crippen LogP contribution in [0.25, 0.3) is 0 Å².